The van der Waals surface area contributed by atoms with Crippen molar-refractivity contribution in [2.45, 2.75) is 19.8 Å². The average Bonchev–Trinajstić information content (AvgIpc) is 3.47. The Morgan fingerprint density at radius 3 is 2.41 bits per heavy atom. The predicted molar refractivity (Wildman–Crippen MR) is 131 cm³/mol. The van der Waals surface area contributed by atoms with Gasteiger partial charge in [0, 0.05) is 38.4 Å². The lowest BCUT2D eigenvalue weighted by Gasteiger charge is -2.34. The minimum absolute atomic E-state index is 0.0340. The number of primary amides is 1. The largest absolute Gasteiger partial charge is 0.573 e. The topological polar surface area (TPSA) is 97.9 Å². The first kappa shape index (κ1) is 26.4. The number of piperazine rings is 1. The molecule has 12 heteroatoms. The van der Waals surface area contributed by atoms with Crippen molar-refractivity contribution in [2.75, 3.05) is 32.7 Å². The number of hydrogen-bond donors (Lipinski definition) is 1. The highest BCUT2D eigenvalue weighted by molar-refractivity contribution is 7.12. The van der Waals surface area contributed by atoms with E-state index >= 15 is 0 Å². The molecule has 2 N–H and O–H groups in total. The third-order valence-corrected chi connectivity index (χ3v) is 7.01. The zero-order valence-corrected chi connectivity index (χ0v) is 20.8. The summed E-state index contributed by atoms with van der Waals surface area (Å²) in [6.45, 7) is 3.68. The normalized spacial score (nSPS) is 14.5. The van der Waals surface area contributed by atoms with Crippen LogP contribution in [0.4, 0.5) is 13.2 Å². The summed E-state index contributed by atoms with van der Waals surface area (Å²) in [5.41, 5.74) is 6.77. The third-order valence-electron chi connectivity index (χ3n) is 6.15. The van der Waals surface area contributed by atoms with Crippen LogP contribution in [0.1, 0.15) is 41.8 Å². The second-order valence-electron chi connectivity index (χ2n) is 8.64. The van der Waals surface area contributed by atoms with Crippen LogP contribution in [0.3, 0.4) is 0 Å². The number of aromatic nitrogens is 1. The predicted octanol–water partition coefficient (Wildman–Crippen LogP) is 3.54. The Bertz CT molecular complexity index is 1300. The second-order valence-corrected chi connectivity index (χ2v) is 9.59. The van der Waals surface area contributed by atoms with Crippen molar-refractivity contribution in [3.8, 4) is 5.75 Å². The zero-order valence-electron chi connectivity index (χ0n) is 20.0. The molecule has 0 bridgehead atoms. The molecule has 37 heavy (non-hydrogen) atoms. The van der Waals surface area contributed by atoms with Gasteiger partial charge in [0.2, 0.25) is 0 Å². The van der Waals surface area contributed by atoms with Gasteiger partial charge < -0.3 is 19.9 Å². The fraction of sp³-hybridized carbons (Fsp3) is 0.320. The fourth-order valence-corrected chi connectivity index (χ4v) is 4.99. The number of Topliss-reactive ketones (excluding diaryl/α,β-unsaturated/α-hetero) is 1. The van der Waals surface area contributed by atoms with E-state index in [4.69, 9.17) is 5.73 Å². The number of ketones is 1. The van der Waals surface area contributed by atoms with Crippen molar-refractivity contribution in [3.05, 3.63) is 75.2 Å². The van der Waals surface area contributed by atoms with Crippen molar-refractivity contribution in [2.24, 2.45) is 5.73 Å². The molecule has 196 valence electrons. The number of hydrogen-bond acceptors (Lipinski definition) is 6. The lowest BCUT2D eigenvalue weighted by atomic mass is 10.2. The summed E-state index contributed by atoms with van der Waals surface area (Å²) in [6, 6.07) is 10.5. The summed E-state index contributed by atoms with van der Waals surface area (Å²) >= 11 is 1.38. The number of alkyl halides is 3. The van der Waals surface area contributed by atoms with Crippen LogP contribution in [-0.2, 0) is 6.54 Å². The number of ether oxygens (including phenoxy) is 1. The van der Waals surface area contributed by atoms with Gasteiger partial charge in [-0.2, -0.15) is 0 Å². The standard InChI is InChI=1S/C25H25F3N4O4S/c1-16-19(23(29)34)13-20(32(16)14-17-4-2-5-18(12-17)36-25(26,27)28)21(33)15-30-7-9-31(10-8-30)24(35)22-6-3-11-37-22/h2-6,11-13H,7-10,14-15H2,1H3,(H2,29,34). The third kappa shape index (κ3) is 6.38. The lowest BCUT2D eigenvalue weighted by Crippen LogP contribution is -2.49. The van der Waals surface area contributed by atoms with E-state index in [0.29, 0.717) is 42.3 Å². The highest BCUT2D eigenvalue weighted by Crippen LogP contribution is 2.25. The first-order valence-corrected chi connectivity index (χ1v) is 12.3. The van der Waals surface area contributed by atoms with Gasteiger partial charge in [0.1, 0.15) is 5.75 Å². The smallest absolute Gasteiger partial charge is 0.406 e. The molecule has 0 spiro atoms. The van der Waals surface area contributed by atoms with Crippen molar-refractivity contribution < 1.29 is 32.3 Å². The minimum atomic E-state index is -4.83. The second kappa shape index (κ2) is 10.8. The maximum absolute atomic E-state index is 13.3. The summed E-state index contributed by atoms with van der Waals surface area (Å²) in [5, 5.41) is 1.85. The van der Waals surface area contributed by atoms with Crippen molar-refractivity contribution >= 4 is 28.9 Å². The van der Waals surface area contributed by atoms with Gasteiger partial charge in [-0.1, -0.05) is 18.2 Å². The Kier molecular flexibility index (Phi) is 7.69. The van der Waals surface area contributed by atoms with E-state index in [1.54, 1.807) is 28.5 Å². The summed E-state index contributed by atoms with van der Waals surface area (Å²) < 4.78 is 43.5. The Labute approximate surface area is 215 Å². The summed E-state index contributed by atoms with van der Waals surface area (Å²) in [6.07, 6.45) is -4.83. The number of thiophene rings is 1. The summed E-state index contributed by atoms with van der Waals surface area (Å²) in [5.74, 6) is -1.39. The SMILES string of the molecule is Cc1c(C(N)=O)cc(C(=O)CN2CCN(C(=O)c3cccs3)CC2)n1Cc1cccc(OC(F)(F)F)c1. The van der Waals surface area contributed by atoms with E-state index in [1.807, 2.05) is 16.3 Å². The number of benzene rings is 1. The molecule has 0 atom stereocenters. The van der Waals surface area contributed by atoms with Gasteiger partial charge in [-0.05, 0) is 42.1 Å². The van der Waals surface area contributed by atoms with Crippen LogP contribution in [0, 0.1) is 6.92 Å². The monoisotopic (exact) mass is 534 g/mol. The molecule has 3 aromatic rings. The van der Waals surface area contributed by atoms with Crippen LogP contribution in [0.5, 0.6) is 5.75 Å². The molecule has 2 aromatic heterocycles. The number of nitrogens with zero attached hydrogens (tertiary/aromatic N) is 3. The van der Waals surface area contributed by atoms with E-state index in [2.05, 4.69) is 4.74 Å². The maximum Gasteiger partial charge on any atom is 0.573 e. The molecule has 3 heterocycles. The Hall–Kier alpha value is -3.64. The zero-order chi connectivity index (χ0) is 26.7. The molecule has 1 aliphatic heterocycles. The average molecular weight is 535 g/mol. The van der Waals surface area contributed by atoms with E-state index < -0.39 is 12.3 Å². The van der Waals surface area contributed by atoms with Crippen LogP contribution in [0.2, 0.25) is 0 Å². The van der Waals surface area contributed by atoms with Gasteiger partial charge in [-0.3, -0.25) is 19.3 Å². The fourth-order valence-electron chi connectivity index (χ4n) is 4.30. The molecular weight excluding hydrogens is 509 g/mol. The molecule has 1 aliphatic rings. The lowest BCUT2D eigenvalue weighted by molar-refractivity contribution is -0.274. The quantitative estimate of drug-likeness (QED) is 0.446. The van der Waals surface area contributed by atoms with Crippen molar-refractivity contribution in [1.29, 1.82) is 0 Å². The Morgan fingerprint density at radius 1 is 1.05 bits per heavy atom. The van der Waals surface area contributed by atoms with Crippen LogP contribution in [-0.4, -0.2) is 71.1 Å². The highest BCUT2D eigenvalue weighted by atomic mass is 32.1. The summed E-state index contributed by atoms with van der Waals surface area (Å²) in [4.78, 5) is 42.2. The van der Waals surface area contributed by atoms with E-state index in [0.717, 1.165) is 0 Å². The number of halogens is 3. The van der Waals surface area contributed by atoms with Gasteiger partial charge in [-0.25, -0.2) is 0 Å². The first-order chi connectivity index (χ1) is 17.5. The van der Waals surface area contributed by atoms with Gasteiger partial charge in [0.05, 0.1) is 22.7 Å². The molecule has 2 amide bonds. The Morgan fingerprint density at radius 2 is 1.78 bits per heavy atom. The van der Waals surface area contributed by atoms with E-state index in [9.17, 15) is 27.6 Å². The molecule has 0 aliphatic carbocycles. The van der Waals surface area contributed by atoms with Gasteiger partial charge in [-0.15, -0.1) is 24.5 Å². The highest BCUT2D eigenvalue weighted by Gasteiger charge is 2.31. The molecular formula is C25H25F3N4O4S. The van der Waals surface area contributed by atoms with Gasteiger partial charge >= 0.3 is 6.36 Å². The molecule has 0 unspecified atom stereocenters. The molecule has 4 rings (SSSR count). The molecule has 0 radical (unpaired) electrons. The van der Waals surface area contributed by atoms with Gasteiger partial charge in [0.15, 0.2) is 5.78 Å². The molecule has 1 aromatic carbocycles. The number of amides is 2. The first-order valence-electron chi connectivity index (χ1n) is 11.4. The number of nitrogens with two attached hydrogens (primary N) is 1. The maximum atomic E-state index is 13.3. The van der Waals surface area contributed by atoms with Gasteiger partial charge in [0.25, 0.3) is 11.8 Å². The van der Waals surface area contributed by atoms with E-state index in [1.165, 1.54) is 35.6 Å². The number of carbonyl (C=O) groups is 3. The molecule has 8 nitrogen and oxygen atoms in total. The number of carbonyl (C=O) groups excluding carboxylic acids is 3. The molecule has 0 saturated carbocycles. The summed E-state index contributed by atoms with van der Waals surface area (Å²) in [7, 11) is 0. The molecule has 1 saturated heterocycles. The number of rotatable bonds is 8. The van der Waals surface area contributed by atoms with Crippen LogP contribution < -0.4 is 10.5 Å². The Balaban J connectivity index is 1.48. The minimum Gasteiger partial charge on any atom is -0.406 e. The van der Waals surface area contributed by atoms with Crippen LogP contribution in [0.25, 0.3) is 0 Å². The van der Waals surface area contributed by atoms with E-state index in [-0.39, 0.29) is 41.8 Å². The van der Waals surface area contributed by atoms with Crippen molar-refractivity contribution in [3.63, 3.8) is 0 Å². The van der Waals surface area contributed by atoms with Crippen molar-refractivity contribution in [1.82, 2.24) is 14.4 Å². The van der Waals surface area contributed by atoms with Crippen LogP contribution >= 0.6 is 11.3 Å². The molecule has 1 fully saturated rings. The van der Waals surface area contributed by atoms with Crippen LogP contribution in [0.15, 0.2) is 47.8 Å².